The van der Waals surface area contributed by atoms with E-state index in [1.807, 2.05) is 0 Å². The maximum Gasteiger partial charge on any atom is 0.412 e. The maximum absolute atomic E-state index is 11.7. The number of carbonyl (C=O) groups is 2. The summed E-state index contributed by atoms with van der Waals surface area (Å²) in [6.45, 7) is 5.01. The molecule has 0 aliphatic rings. The van der Waals surface area contributed by atoms with E-state index in [2.05, 4.69) is 5.32 Å². The first-order valence-electron chi connectivity index (χ1n) is 6.40. The number of phenolic OH excluding ortho intramolecular Hbond substituents is 1. The van der Waals surface area contributed by atoms with Crippen molar-refractivity contribution in [2.24, 2.45) is 5.73 Å². The molecule has 1 rings (SSSR count). The Morgan fingerprint density at radius 1 is 1.38 bits per heavy atom. The van der Waals surface area contributed by atoms with E-state index >= 15 is 0 Å². The number of ether oxygens (including phenoxy) is 1. The summed E-state index contributed by atoms with van der Waals surface area (Å²) in [6, 6.07) is 4.11. The molecule has 1 amide bonds. The normalized spacial score (nSPS) is 12.6. The topological polar surface area (TPSA) is 122 Å². The number of nitrogens with one attached hydrogen (secondary N) is 1. The van der Waals surface area contributed by atoms with Crippen molar-refractivity contribution in [3.63, 3.8) is 0 Å². The van der Waals surface area contributed by atoms with Crippen molar-refractivity contribution in [3.05, 3.63) is 23.8 Å². The second kappa shape index (κ2) is 6.45. The SMILES string of the molecule is CC(C)(C)OC(=O)Nc1ccc(O)c(C(CN)C(=O)O)c1. The van der Waals surface area contributed by atoms with Crippen molar-refractivity contribution in [1.29, 1.82) is 0 Å². The summed E-state index contributed by atoms with van der Waals surface area (Å²) >= 11 is 0. The number of aromatic hydroxyl groups is 1. The van der Waals surface area contributed by atoms with Crippen LogP contribution in [0.2, 0.25) is 0 Å². The zero-order chi connectivity index (χ0) is 16.2. The fraction of sp³-hybridized carbons (Fsp3) is 0.429. The number of carboxylic acids is 1. The van der Waals surface area contributed by atoms with E-state index in [9.17, 15) is 14.7 Å². The highest BCUT2D eigenvalue weighted by Gasteiger charge is 2.22. The van der Waals surface area contributed by atoms with Crippen LogP contribution in [-0.2, 0) is 9.53 Å². The van der Waals surface area contributed by atoms with E-state index in [1.54, 1.807) is 20.8 Å². The molecule has 0 aliphatic carbocycles. The molecule has 0 saturated heterocycles. The summed E-state index contributed by atoms with van der Waals surface area (Å²) < 4.78 is 5.09. The molecule has 0 aromatic heterocycles. The number of carboxylic acid groups (broad SMARTS) is 1. The number of rotatable bonds is 4. The number of hydrogen-bond donors (Lipinski definition) is 4. The molecule has 0 spiro atoms. The van der Waals surface area contributed by atoms with Gasteiger partial charge in [0.1, 0.15) is 11.4 Å². The highest BCUT2D eigenvalue weighted by Crippen LogP contribution is 2.28. The summed E-state index contributed by atoms with van der Waals surface area (Å²) in [5.41, 5.74) is 5.21. The molecule has 0 heterocycles. The minimum atomic E-state index is -1.15. The molecule has 1 unspecified atom stereocenters. The minimum Gasteiger partial charge on any atom is -0.508 e. The van der Waals surface area contributed by atoms with Gasteiger partial charge in [0.25, 0.3) is 0 Å². The van der Waals surface area contributed by atoms with E-state index in [1.165, 1.54) is 18.2 Å². The lowest BCUT2D eigenvalue weighted by Gasteiger charge is -2.20. The van der Waals surface area contributed by atoms with Crippen molar-refractivity contribution in [3.8, 4) is 5.75 Å². The highest BCUT2D eigenvalue weighted by atomic mass is 16.6. The van der Waals surface area contributed by atoms with E-state index < -0.39 is 23.6 Å². The van der Waals surface area contributed by atoms with E-state index in [0.717, 1.165) is 0 Å². The lowest BCUT2D eigenvalue weighted by atomic mass is 9.98. The van der Waals surface area contributed by atoms with E-state index in [4.69, 9.17) is 15.6 Å². The van der Waals surface area contributed by atoms with E-state index in [0.29, 0.717) is 5.69 Å². The first-order chi connectivity index (χ1) is 9.64. The van der Waals surface area contributed by atoms with Gasteiger partial charge < -0.3 is 20.7 Å². The monoisotopic (exact) mass is 296 g/mol. The Kier molecular flexibility index (Phi) is 5.15. The van der Waals surface area contributed by atoms with Crippen molar-refractivity contribution >= 4 is 17.7 Å². The van der Waals surface area contributed by atoms with Gasteiger partial charge in [-0.1, -0.05) is 0 Å². The summed E-state index contributed by atoms with van der Waals surface area (Å²) in [6.07, 6.45) is -0.668. The third-order valence-electron chi connectivity index (χ3n) is 2.58. The van der Waals surface area contributed by atoms with Crippen LogP contribution >= 0.6 is 0 Å². The fourth-order valence-electron chi connectivity index (χ4n) is 1.69. The lowest BCUT2D eigenvalue weighted by molar-refractivity contribution is -0.138. The van der Waals surface area contributed by atoms with Gasteiger partial charge in [-0.3, -0.25) is 10.1 Å². The van der Waals surface area contributed by atoms with Gasteiger partial charge in [-0.25, -0.2) is 4.79 Å². The van der Waals surface area contributed by atoms with Gasteiger partial charge in [-0.15, -0.1) is 0 Å². The van der Waals surface area contributed by atoms with Crippen molar-refractivity contribution in [1.82, 2.24) is 0 Å². The molecule has 116 valence electrons. The van der Waals surface area contributed by atoms with Crippen molar-refractivity contribution in [2.45, 2.75) is 32.3 Å². The summed E-state index contributed by atoms with van der Waals surface area (Å²) in [5, 5.41) is 21.3. The summed E-state index contributed by atoms with van der Waals surface area (Å²) in [7, 11) is 0. The van der Waals surface area contributed by atoms with Crippen LogP contribution in [0.1, 0.15) is 32.3 Å². The first-order valence-corrected chi connectivity index (χ1v) is 6.40. The Morgan fingerprint density at radius 2 is 2.00 bits per heavy atom. The number of phenols is 1. The van der Waals surface area contributed by atoms with Gasteiger partial charge >= 0.3 is 12.1 Å². The zero-order valence-electron chi connectivity index (χ0n) is 12.2. The van der Waals surface area contributed by atoms with E-state index in [-0.39, 0.29) is 17.9 Å². The second-order valence-electron chi connectivity index (χ2n) is 5.53. The lowest BCUT2D eigenvalue weighted by Crippen LogP contribution is -2.27. The fourth-order valence-corrected chi connectivity index (χ4v) is 1.69. The third-order valence-corrected chi connectivity index (χ3v) is 2.58. The molecule has 7 nitrogen and oxygen atoms in total. The molecule has 1 aromatic rings. The van der Waals surface area contributed by atoms with Gasteiger partial charge in [-0.2, -0.15) is 0 Å². The van der Waals surface area contributed by atoms with Crippen LogP contribution in [0.15, 0.2) is 18.2 Å². The van der Waals surface area contributed by atoms with Crippen molar-refractivity contribution in [2.75, 3.05) is 11.9 Å². The number of nitrogens with two attached hydrogens (primary N) is 1. The number of hydrogen-bond acceptors (Lipinski definition) is 5. The predicted molar refractivity (Wildman–Crippen MR) is 77.4 cm³/mol. The molecule has 0 aliphatic heterocycles. The predicted octanol–water partition coefficient (Wildman–Crippen LogP) is 1.87. The maximum atomic E-state index is 11.7. The molecule has 7 heteroatoms. The van der Waals surface area contributed by atoms with Gasteiger partial charge in [0, 0.05) is 17.8 Å². The van der Waals surface area contributed by atoms with Crippen LogP contribution in [0.3, 0.4) is 0 Å². The number of amides is 1. The Labute approximate surface area is 122 Å². The molecule has 0 saturated carbocycles. The van der Waals surface area contributed by atoms with Gasteiger partial charge in [0.15, 0.2) is 0 Å². The van der Waals surface area contributed by atoms with Crippen LogP contribution in [0.4, 0.5) is 10.5 Å². The van der Waals surface area contributed by atoms with Crippen LogP contribution in [0.5, 0.6) is 5.75 Å². The molecule has 0 fully saturated rings. The standard InChI is InChI=1S/C14H20N2O5/c1-14(2,3)21-13(20)16-8-4-5-11(17)9(6-8)10(7-15)12(18)19/h4-6,10,17H,7,15H2,1-3H3,(H,16,20)(H,18,19). The summed E-state index contributed by atoms with van der Waals surface area (Å²) in [4.78, 5) is 22.8. The van der Waals surface area contributed by atoms with Gasteiger partial charge in [0.2, 0.25) is 0 Å². The summed E-state index contributed by atoms with van der Waals surface area (Å²) in [5.74, 6) is -2.39. The highest BCUT2D eigenvalue weighted by molar-refractivity contribution is 5.86. The molecule has 0 bridgehead atoms. The van der Waals surface area contributed by atoms with Crippen LogP contribution in [-0.4, -0.2) is 34.4 Å². The smallest absolute Gasteiger partial charge is 0.412 e. The van der Waals surface area contributed by atoms with Crippen molar-refractivity contribution < 1.29 is 24.5 Å². The molecule has 1 aromatic carbocycles. The third kappa shape index (κ3) is 4.96. The number of carbonyl (C=O) groups excluding carboxylic acids is 1. The number of anilines is 1. The minimum absolute atomic E-state index is 0.138. The van der Waals surface area contributed by atoms with Gasteiger partial charge in [0.05, 0.1) is 5.92 Å². The molecule has 5 N–H and O–H groups in total. The molecular weight excluding hydrogens is 276 g/mol. The molecular formula is C14H20N2O5. The van der Waals surface area contributed by atoms with Gasteiger partial charge in [-0.05, 0) is 39.0 Å². The molecule has 21 heavy (non-hydrogen) atoms. The molecule has 0 radical (unpaired) electrons. The Balaban J connectivity index is 2.96. The number of aliphatic carboxylic acids is 1. The Morgan fingerprint density at radius 3 is 2.48 bits per heavy atom. The quantitative estimate of drug-likeness (QED) is 0.629. The second-order valence-corrected chi connectivity index (χ2v) is 5.53. The average molecular weight is 296 g/mol. The first kappa shape index (κ1) is 16.8. The average Bonchev–Trinajstić information content (AvgIpc) is 2.31. The number of benzene rings is 1. The largest absolute Gasteiger partial charge is 0.508 e. The Hall–Kier alpha value is -2.28. The van der Waals surface area contributed by atoms with Crippen LogP contribution < -0.4 is 11.1 Å². The van der Waals surface area contributed by atoms with Crippen LogP contribution in [0.25, 0.3) is 0 Å². The molecule has 1 atom stereocenters. The van der Waals surface area contributed by atoms with Crippen LogP contribution in [0, 0.1) is 0 Å². The Bertz CT molecular complexity index is 537. The zero-order valence-corrected chi connectivity index (χ0v) is 12.2.